The summed E-state index contributed by atoms with van der Waals surface area (Å²) in [5, 5.41) is 1.98. The van der Waals surface area contributed by atoms with Gasteiger partial charge in [0, 0.05) is 10.9 Å². The minimum atomic E-state index is -0.422. The van der Waals surface area contributed by atoms with Crippen LogP contribution in [0.4, 0.5) is 4.39 Å². The van der Waals surface area contributed by atoms with Crippen LogP contribution < -0.4 is 0 Å². The first-order chi connectivity index (χ1) is 9.50. The van der Waals surface area contributed by atoms with Crippen LogP contribution in [0.15, 0.2) is 35.7 Å². The third kappa shape index (κ3) is 3.07. The number of nitrogens with zero attached hydrogens (tertiary/aromatic N) is 1. The van der Waals surface area contributed by atoms with E-state index in [1.165, 1.54) is 0 Å². The second-order valence-corrected chi connectivity index (χ2v) is 6.07. The molecule has 0 aliphatic rings. The molecule has 4 heteroatoms. The van der Waals surface area contributed by atoms with Crippen LogP contribution in [0, 0.1) is 12.7 Å². The van der Waals surface area contributed by atoms with Gasteiger partial charge in [-0.2, -0.15) is 0 Å². The zero-order valence-corrected chi connectivity index (χ0v) is 12.7. The molecule has 1 heterocycles. The second kappa shape index (κ2) is 6.18. The first-order valence-corrected chi connectivity index (χ1v) is 7.47. The monoisotopic (exact) mass is 291 g/mol. The molecule has 2 aromatic rings. The summed E-state index contributed by atoms with van der Waals surface area (Å²) in [6.45, 7) is 6.07. The Balaban J connectivity index is 2.29. The van der Waals surface area contributed by atoms with Gasteiger partial charge in [0.15, 0.2) is 0 Å². The molecule has 2 rings (SSSR count). The van der Waals surface area contributed by atoms with E-state index in [0.717, 1.165) is 4.88 Å². The van der Waals surface area contributed by atoms with Gasteiger partial charge in [0.05, 0.1) is 12.1 Å². The van der Waals surface area contributed by atoms with Gasteiger partial charge in [-0.25, -0.2) is 4.39 Å². The Morgan fingerprint density at radius 2 is 2.05 bits per heavy atom. The summed E-state index contributed by atoms with van der Waals surface area (Å²) >= 11 is 1.60. The lowest BCUT2D eigenvalue weighted by molar-refractivity contribution is 0.0687. The summed E-state index contributed by atoms with van der Waals surface area (Å²) in [5.74, 6) is -0.677. The molecule has 0 N–H and O–H groups in total. The molecule has 1 aromatic heterocycles. The summed E-state index contributed by atoms with van der Waals surface area (Å²) in [4.78, 5) is 15.4. The number of hydrogen-bond donors (Lipinski definition) is 0. The van der Waals surface area contributed by atoms with Gasteiger partial charge in [-0.05, 0) is 43.8 Å². The maximum Gasteiger partial charge on any atom is 0.257 e. The summed E-state index contributed by atoms with van der Waals surface area (Å²) in [5.41, 5.74) is 0.644. The van der Waals surface area contributed by atoms with Crippen molar-refractivity contribution in [2.75, 3.05) is 0 Å². The highest BCUT2D eigenvalue weighted by atomic mass is 32.1. The molecule has 0 bridgehead atoms. The Morgan fingerprint density at radius 1 is 1.30 bits per heavy atom. The molecule has 0 saturated heterocycles. The SMILES string of the molecule is Cc1cccc(C(=O)N(Cc2cccs2)C(C)C)c1F. The molecular weight excluding hydrogens is 273 g/mol. The number of aryl methyl sites for hydroxylation is 1. The number of benzene rings is 1. The van der Waals surface area contributed by atoms with Crippen molar-refractivity contribution in [2.24, 2.45) is 0 Å². The van der Waals surface area contributed by atoms with Crippen LogP contribution in [0.1, 0.15) is 34.6 Å². The van der Waals surface area contributed by atoms with E-state index >= 15 is 0 Å². The molecule has 0 spiro atoms. The first-order valence-electron chi connectivity index (χ1n) is 6.59. The van der Waals surface area contributed by atoms with E-state index in [1.54, 1.807) is 41.4 Å². The molecule has 0 unspecified atom stereocenters. The summed E-state index contributed by atoms with van der Waals surface area (Å²) in [7, 11) is 0. The average molecular weight is 291 g/mol. The van der Waals surface area contributed by atoms with Crippen molar-refractivity contribution in [2.45, 2.75) is 33.4 Å². The third-order valence-corrected chi connectivity index (χ3v) is 4.07. The van der Waals surface area contributed by atoms with Gasteiger partial charge in [0.25, 0.3) is 5.91 Å². The number of carbonyl (C=O) groups is 1. The van der Waals surface area contributed by atoms with Gasteiger partial charge in [-0.15, -0.1) is 11.3 Å². The lowest BCUT2D eigenvalue weighted by Crippen LogP contribution is -2.36. The Kier molecular flexibility index (Phi) is 4.55. The Bertz CT molecular complexity index is 593. The number of hydrogen-bond acceptors (Lipinski definition) is 2. The number of thiophene rings is 1. The average Bonchev–Trinajstić information content (AvgIpc) is 2.91. The maximum atomic E-state index is 14.1. The predicted molar refractivity (Wildman–Crippen MR) is 80.5 cm³/mol. The lowest BCUT2D eigenvalue weighted by atomic mass is 10.1. The Labute approximate surface area is 122 Å². The van der Waals surface area contributed by atoms with E-state index in [9.17, 15) is 9.18 Å². The fraction of sp³-hybridized carbons (Fsp3) is 0.312. The van der Waals surface area contributed by atoms with E-state index in [1.807, 2.05) is 31.4 Å². The van der Waals surface area contributed by atoms with E-state index in [4.69, 9.17) is 0 Å². The minimum Gasteiger partial charge on any atom is -0.331 e. The van der Waals surface area contributed by atoms with Gasteiger partial charge in [0.2, 0.25) is 0 Å². The third-order valence-electron chi connectivity index (χ3n) is 3.21. The molecule has 0 aliphatic carbocycles. The van der Waals surface area contributed by atoms with Gasteiger partial charge < -0.3 is 4.90 Å². The molecular formula is C16H18FNOS. The fourth-order valence-electron chi connectivity index (χ4n) is 2.03. The number of amides is 1. The zero-order valence-electron chi connectivity index (χ0n) is 11.9. The van der Waals surface area contributed by atoms with Crippen molar-refractivity contribution in [1.82, 2.24) is 4.90 Å². The molecule has 0 fully saturated rings. The Morgan fingerprint density at radius 3 is 2.65 bits per heavy atom. The van der Waals surface area contributed by atoms with Gasteiger partial charge >= 0.3 is 0 Å². The zero-order chi connectivity index (χ0) is 14.7. The molecule has 106 valence electrons. The number of halogens is 1. The van der Waals surface area contributed by atoms with Gasteiger partial charge in [0.1, 0.15) is 5.82 Å². The summed E-state index contributed by atoms with van der Waals surface area (Å²) in [6.07, 6.45) is 0. The highest BCUT2D eigenvalue weighted by Gasteiger charge is 2.22. The van der Waals surface area contributed by atoms with Crippen molar-refractivity contribution < 1.29 is 9.18 Å². The molecule has 0 atom stereocenters. The highest BCUT2D eigenvalue weighted by Crippen LogP contribution is 2.19. The van der Waals surface area contributed by atoms with Crippen molar-refractivity contribution in [3.63, 3.8) is 0 Å². The minimum absolute atomic E-state index is 0.0181. The lowest BCUT2D eigenvalue weighted by Gasteiger charge is -2.26. The van der Waals surface area contributed by atoms with Gasteiger partial charge in [-0.1, -0.05) is 18.2 Å². The molecule has 20 heavy (non-hydrogen) atoms. The largest absolute Gasteiger partial charge is 0.331 e. The molecule has 2 nitrogen and oxygen atoms in total. The number of carbonyl (C=O) groups excluding carboxylic acids is 1. The van der Waals surface area contributed by atoms with E-state index < -0.39 is 5.82 Å². The van der Waals surface area contributed by atoms with Crippen LogP contribution in [-0.4, -0.2) is 16.8 Å². The van der Waals surface area contributed by atoms with E-state index in [0.29, 0.717) is 12.1 Å². The van der Waals surface area contributed by atoms with Crippen LogP contribution in [0.25, 0.3) is 0 Å². The number of rotatable bonds is 4. The fourth-order valence-corrected chi connectivity index (χ4v) is 2.73. The first kappa shape index (κ1) is 14.7. The summed E-state index contributed by atoms with van der Waals surface area (Å²) in [6, 6.07) is 8.90. The van der Waals surface area contributed by atoms with Crippen LogP contribution in [0.5, 0.6) is 0 Å². The topological polar surface area (TPSA) is 20.3 Å². The van der Waals surface area contributed by atoms with Crippen molar-refractivity contribution >= 4 is 17.2 Å². The summed E-state index contributed by atoms with van der Waals surface area (Å²) < 4.78 is 14.1. The quantitative estimate of drug-likeness (QED) is 0.825. The maximum absolute atomic E-state index is 14.1. The van der Waals surface area contributed by atoms with Crippen LogP contribution in [0.3, 0.4) is 0 Å². The van der Waals surface area contributed by atoms with Crippen LogP contribution in [-0.2, 0) is 6.54 Å². The van der Waals surface area contributed by atoms with E-state index in [-0.39, 0.29) is 17.5 Å². The Hall–Kier alpha value is -1.68. The highest BCUT2D eigenvalue weighted by molar-refractivity contribution is 7.09. The molecule has 1 amide bonds. The molecule has 0 radical (unpaired) electrons. The normalized spacial score (nSPS) is 10.8. The molecule has 0 saturated carbocycles. The van der Waals surface area contributed by atoms with E-state index in [2.05, 4.69) is 0 Å². The van der Waals surface area contributed by atoms with Crippen molar-refractivity contribution in [3.05, 3.63) is 57.5 Å². The molecule has 1 aromatic carbocycles. The second-order valence-electron chi connectivity index (χ2n) is 5.04. The van der Waals surface area contributed by atoms with Crippen molar-refractivity contribution in [1.29, 1.82) is 0 Å². The predicted octanol–water partition coefficient (Wildman–Crippen LogP) is 4.25. The van der Waals surface area contributed by atoms with Crippen LogP contribution in [0.2, 0.25) is 0 Å². The van der Waals surface area contributed by atoms with Gasteiger partial charge in [-0.3, -0.25) is 4.79 Å². The molecule has 0 aliphatic heterocycles. The smallest absolute Gasteiger partial charge is 0.257 e. The standard InChI is InChI=1S/C16H18FNOS/c1-11(2)18(10-13-7-5-9-20-13)16(19)14-8-4-6-12(3)15(14)17/h4-9,11H,10H2,1-3H3. The van der Waals surface area contributed by atoms with Crippen LogP contribution >= 0.6 is 11.3 Å². The van der Waals surface area contributed by atoms with Crippen molar-refractivity contribution in [3.8, 4) is 0 Å².